The van der Waals surface area contributed by atoms with E-state index < -0.39 is 0 Å². The van der Waals surface area contributed by atoms with E-state index in [0.29, 0.717) is 5.92 Å². The lowest BCUT2D eigenvalue weighted by Gasteiger charge is -2.17. The smallest absolute Gasteiger partial charge is 0.0784 e. The molecule has 1 saturated carbocycles. The predicted octanol–water partition coefficient (Wildman–Crippen LogP) is 6.30. The van der Waals surface area contributed by atoms with Gasteiger partial charge in [-0.2, -0.15) is 0 Å². The van der Waals surface area contributed by atoms with Gasteiger partial charge in [-0.3, -0.25) is 4.98 Å². The van der Waals surface area contributed by atoms with Crippen molar-refractivity contribution in [2.24, 2.45) is 0 Å². The highest BCUT2D eigenvalue weighted by Crippen LogP contribution is 2.50. The van der Waals surface area contributed by atoms with Crippen molar-refractivity contribution >= 4 is 32.4 Å². The summed E-state index contributed by atoms with van der Waals surface area (Å²) in [7, 11) is 0. The Hall–Kier alpha value is -2.41. The van der Waals surface area contributed by atoms with E-state index >= 15 is 0 Å². The molecule has 1 heterocycles. The van der Waals surface area contributed by atoms with Crippen LogP contribution in [0.25, 0.3) is 32.4 Å². The lowest BCUT2D eigenvalue weighted by atomic mass is 9.87. The lowest BCUT2D eigenvalue weighted by molar-refractivity contribution is 0.433. The van der Waals surface area contributed by atoms with Crippen LogP contribution in [0.4, 0.5) is 0 Å². The topological polar surface area (TPSA) is 12.9 Å². The van der Waals surface area contributed by atoms with Crippen molar-refractivity contribution in [1.29, 1.82) is 0 Å². The molecule has 2 unspecified atom stereocenters. The van der Waals surface area contributed by atoms with E-state index in [4.69, 9.17) is 4.98 Å². The fraction of sp³-hybridized carbons (Fsp3) is 0.261. The summed E-state index contributed by atoms with van der Waals surface area (Å²) in [5.74, 6) is 1.47. The summed E-state index contributed by atoms with van der Waals surface area (Å²) in [4.78, 5) is 5.23. The lowest BCUT2D eigenvalue weighted by Crippen LogP contribution is -2.01. The second-order valence-corrected chi connectivity index (χ2v) is 7.58. The number of hydrogen-bond donors (Lipinski definition) is 0. The molecule has 6 rings (SSSR count). The Kier molecular flexibility index (Phi) is 2.46. The molecule has 2 atom stereocenters. The van der Waals surface area contributed by atoms with Crippen LogP contribution >= 0.6 is 0 Å². The normalized spacial score (nSPS) is 22.3. The Bertz CT molecular complexity index is 1130. The second-order valence-electron chi connectivity index (χ2n) is 7.58. The number of benzene rings is 3. The Morgan fingerprint density at radius 2 is 1.54 bits per heavy atom. The second kappa shape index (κ2) is 4.57. The van der Waals surface area contributed by atoms with Crippen molar-refractivity contribution in [2.75, 3.05) is 0 Å². The first-order chi connectivity index (χ1) is 11.9. The highest BCUT2D eigenvalue weighted by Gasteiger charge is 2.35. The van der Waals surface area contributed by atoms with Gasteiger partial charge in [0.05, 0.1) is 5.52 Å². The molecule has 1 nitrogen and oxygen atoms in total. The molecule has 1 aromatic heterocycles. The Morgan fingerprint density at radius 3 is 2.46 bits per heavy atom. The zero-order valence-corrected chi connectivity index (χ0v) is 13.6. The first-order valence-corrected chi connectivity index (χ1v) is 9.13. The predicted molar refractivity (Wildman–Crippen MR) is 101 cm³/mol. The van der Waals surface area contributed by atoms with E-state index in [2.05, 4.69) is 54.6 Å². The van der Waals surface area contributed by atoms with E-state index in [-0.39, 0.29) is 0 Å². The maximum absolute atomic E-state index is 5.23. The van der Waals surface area contributed by atoms with Gasteiger partial charge in [-0.15, -0.1) is 0 Å². The Morgan fingerprint density at radius 1 is 0.750 bits per heavy atom. The van der Waals surface area contributed by atoms with Gasteiger partial charge in [0.2, 0.25) is 0 Å². The molecule has 2 bridgehead atoms. The molecule has 0 spiro atoms. The highest BCUT2D eigenvalue weighted by atomic mass is 14.7. The molecule has 1 heteroatoms. The average Bonchev–Trinajstić information content (AvgIpc) is 2.88. The third-order valence-electron chi connectivity index (χ3n) is 6.23. The van der Waals surface area contributed by atoms with Crippen molar-refractivity contribution in [3.63, 3.8) is 0 Å². The third kappa shape index (κ3) is 1.67. The van der Waals surface area contributed by atoms with Crippen LogP contribution in [0.15, 0.2) is 54.6 Å². The Balaban J connectivity index is 1.72. The molecule has 0 saturated heterocycles. The SMILES string of the molecule is c1ccc2cc3c(ccc4cc5c(nc43)C3CCCC5C3)cc2c1. The molecule has 24 heavy (non-hydrogen) atoms. The fourth-order valence-electron chi connectivity index (χ4n) is 5.06. The van der Waals surface area contributed by atoms with Crippen molar-refractivity contribution in [1.82, 2.24) is 4.98 Å². The summed E-state index contributed by atoms with van der Waals surface area (Å²) in [6, 6.07) is 20.2. The minimum Gasteiger partial charge on any atom is -0.252 e. The van der Waals surface area contributed by atoms with Gasteiger partial charge in [0.15, 0.2) is 0 Å². The number of nitrogens with zero attached hydrogens (tertiary/aromatic N) is 1. The van der Waals surface area contributed by atoms with Crippen molar-refractivity contribution in [2.45, 2.75) is 37.5 Å². The van der Waals surface area contributed by atoms with E-state index in [1.165, 1.54) is 63.8 Å². The first-order valence-electron chi connectivity index (χ1n) is 9.13. The molecule has 2 aliphatic rings. The van der Waals surface area contributed by atoms with Crippen LogP contribution < -0.4 is 0 Å². The molecular weight excluding hydrogens is 290 g/mol. The molecule has 116 valence electrons. The third-order valence-corrected chi connectivity index (χ3v) is 6.23. The molecule has 0 N–H and O–H groups in total. The molecule has 0 aliphatic heterocycles. The van der Waals surface area contributed by atoms with Crippen molar-refractivity contribution in [3.05, 3.63) is 65.9 Å². The number of pyridine rings is 1. The van der Waals surface area contributed by atoms with E-state index in [1.54, 1.807) is 5.56 Å². The largest absolute Gasteiger partial charge is 0.252 e. The van der Waals surface area contributed by atoms with Gasteiger partial charge < -0.3 is 0 Å². The van der Waals surface area contributed by atoms with Crippen LogP contribution in [0.3, 0.4) is 0 Å². The van der Waals surface area contributed by atoms with Crippen LogP contribution in [0.2, 0.25) is 0 Å². The number of fused-ring (bicyclic) bond motifs is 9. The van der Waals surface area contributed by atoms with Gasteiger partial charge in [-0.05, 0) is 65.1 Å². The molecule has 4 aromatic rings. The summed E-state index contributed by atoms with van der Waals surface area (Å²) in [5, 5.41) is 6.52. The van der Waals surface area contributed by atoms with Gasteiger partial charge in [-0.1, -0.05) is 42.8 Å². The minimum atomic E-state index is 0.707. The maximum atomic E-state index is 5.23. The zero-order chi connectivity index (χ0) is 15.7. The van der Waals surface area contributed by atoms with Gasteiger partial charge in [0.25, 0.3) is 0 Å². The maximum Gasteiger partial charge on any atom is 0.0784 e. The van der Waals surface area contributed by atoms with E-state index in [0.717, 1.165) is 5.92 Å². The molecular formula is C23H19N. The number of aromatic nitrogens is 1. The summed E-state index contributed by atoms with van der Waals surface area (Å²) in [6.45, 7) is 0. The summed E-state index contributed by atoms with van der Waals surface area (Å²) < 4.78 is 0. The fourth-order valence-corrected chi connectivity index (χ4v) is 5.06. The van der Waals surface area contributed by atoms with Crippen LogP contribution in [0, 0.1) is 0 Å². The standard InChI is InChI=1S/C23H19N/c1-2-5-15-12-20-17(10-14(15)4-1)8-9-19-13-21-16-6-3-7-18(11-16)22(21)24-23(19)20/h1-2,4-5,8-10,12-13,16,18H,3,6-7,11H2. The number of rotatable bonds is 0. The molecule has 2 aliphatic carbocycles. The minimum absolute atomic E-state index is 0.707. The number of hydrogen-bond acceptors (Lipinski definition) is 1. The monoisotopic (exact) mass is 309 g/mol. The van der Waals surface area contributed by atoms with Crippen molar-refractivity contribution < 1.29 is 0 Å². The average molecular weight is 309 g/mol. The quantitative estimate of drug-likeness (QED) is 0.274. The zero-order valence-electron chi connectivity index (χ0n) is 13.6. The van der Waals surface area contributed by atoms with Crippen LogP contribution in [0.5, 0.6) is 0 Å². The summed E-state index contributed by atoms with van der Waals surface area (Å²) >= 11 is 0. The van der Waals surface area contributed by atoms with E-state index in [1.807, 2.05) is 0 Å². The summed E-state index contributed by atoms with van der Waals surface area (Å²) in [6.07, 6.45) is 5.39. The molecule has 3 aromatic carbocycles. The van der Waals surface area contributed by atoms with Crippen LogP contribution in [-0.2, 0) is 0 Å². The Labute approximate surface area is 141 Å². The van der Waals surface area contributed by atoms with Crippen molar-refractivity contribution in [3.8, 4) is 0 Å². The van der Waals surface area contributed by atoms with Crippen LogP contribution in [0.1, 0.15) is 48.8 Å². The molecule has 0 amide bonds. The van der Waals surface area contributed by atoms with Gasteiger partial charge in [0.1, 0.15) is 0 Å². The van der Waals surface area contributed by atoms with Gasteiger partial charge in [0, 0.05) is 22.4 Å². The first kappa shape index (κ1) is 12.9. The van der Waals surface area contributed by atoms with Gasteiger partial charge >= 0.3 is 0 Å². The molecule has 0 radical (unpaired) electrons. The van der Waals surface area contributed by atoms with E-state index in [9.17, 15) is 0 Å². The van der Waals surface area contributed by atoms with Crippen LogP contribution in [-0.4, -0.2) is 4.98 Å². The molecule has 1 fully saturated rings. The highest BCUT2D eigenvalue weighted by molar-refractivity contribution is 6.10. The van der Waals surface area contributed by atoms with Gasteiger partial charge in [-0.25, -0.2) is 0 Å². The summed E-state index contributed by atoms with van der Waals surface area (Å²) in [5.41, 5.74) is 4.15.